The summed E-state index contributed by atoms with van der Waals surface area (Å²) in [5, 5.41) is 8.20. The predicted octanol–water partition coefficient (Wildman–Crippen LogP) is 5.14. The van der Waals surface area contributed by atoms with Crippen molar-refractivity contribution in [3.8, 4) is 0 Å². The fourth-order valence-corrected chi connectivity index (χ4v) is 2.36. The van der Waals surface area contributed by atoms with Crippen LogP contribution in [0.4, 0.5) is 0 Å². The van der Waals surface area contributed by atoms with Crippen LogP contribution >= 0.6 is 11.6 Å². The van der Waals surface area contributed by atoms with Gasteiger partial charge in [0.1, 0.15) is 6.54 Å². The molecule has 0 aliphatic heterocycles. The Morgan fingerprint density at radius 1 is 0.826 bits per heavy atom. The Morgan fingerprint density at radius 3 is 1.48 bits per heavy atom. The van der Waals surface area contributed by atoms with E-state index in [1.54, 1.807) is 0 Å². The van der Waals surface area contributed by atoms with Crippen molar-refractivity contribution in [2.24, 2.45) is 0 Å². The minimum Gasteiger partial charge on any atom is -0.391 e. The van der Waals surface area contributed by atoms with E-state index in [4.69, 9.17) is 16.7 Å². The van der Waals surface area contributed by atoms with Crippen LogP contribution in [-0.4, -0.2) is 49.1 Å². The third-order valence-corrected chi connectivity index (χ3v) is 3.94. The van der Waals surface area contributed by atoms with Crippen LogP contribution < -0.4 is 0 Å². The van der Waals surface area contributed by atoms with Gasteiger partial charge < -0.3 is 9.59 Å². The second-order valence-electron chi connectivity index (χ2n) is 7.38. The topological polar surface area (TPSA) is 37.3 Å². The van der Waals surface area contributed by atoms with Crippen LogP contribution in [0.15, 0.2) is 0 Å². The monoisotopic (exact) mass is 350 g/mol. The molecule has 0 aromatic rings. The quantitative estimate of drug-likeness (QED) is 0.267. The van der Waals surface area contributed by atoms with Crippen molar-refractivity contribution in [3.05, 3.63) is 0 Å². The summed E-state index contributed by atoms with van der Waals surface area (Å²) in [5.41, 5.74) is 0. The Hall–Kier alpha value is -0.120. The van der Waals surface area contributed by atoms with E-state index >= 15 is 0 Å². The van der Waals surface area contributed by atoms with E-state index in [0.29, 0.717) is 6.42 Å². The van der Waals surface area contributed by atoms with Crippen molar-refractivity contribution in [1.29, 1.82) is 0 Å². The number of halogens is 1. The van der Waals surface area contributed by atoms with Crippen LogP contribution in [0.2, 0.25) is 0 Å². The highest BCUT2D eigenvalue weighted by Gasteiger charge is 2.02. The summed E-state index contributed by atoms with van der Waals surface area (Å²) in [6, 6.07) is 0. The largest absolute Gasteiger partial charge is 0.391 e. The summed E-state index contributed by atoms with van der Waals surface area (Å²) >= 11 is 5.26. The molecule has 0 aromatic heterocycles. The average molecular weight is 351 g/mol. The van der Waals surface area contributed by atoms with Crippen LogP contribution in [0.25, 0.3) is 0 Å². The fourth-order valence-electron chi connectivity index (χ4n) is 2.23. The van der Waals surface area contributed by atoms with Gasteiger partial charge in [-0.1, -0.05) is 71.1 Å². The first-order chi connectivity index (χ1) is 10.8. The van der Waals surface area contributed by atoms with Crippen molar-refractivity contribution in [2.45, 2.75) is 84.0 Å². The molecule has 23 heavy (non-hydrogen) atoms. The number of unbranched alkanes of at least 4 members (excludes halogenated alkanes) is 10. The zero-order valence-electron chi connectivity index (χ0n) is 16.1. The normalized spacial score (nSPS) is 11.0. The average Bonchev–Trinajstić information content (AvgIpc) is 2.44. The molecule has 0 heterocycles. The van der Waals surface area contributed by atoms with Gasteiger partial charge in [0.15, 0.2) is 0 Å². The minimum absolute atomic E-state index is 0.184. The number of quaternary nitrogens is 1. The molecule has 140 valence electrons. The van der Waals surface area contributed by atoms with Gasteiger partial charge in [0.2, 0.25) is 5.24 Å². The number of nitrogens with zero attached hydrogens (tertiary/aromatic N) is 1. The van der Waals surface area contributed by atoms with E-state index in [1.807, 2.05) is 0 Å². The van der Waals surface area contributed by atoms with E-state index in [1.165, 1.54) is 57.8 Å². The first-order valence-electron chi connectivity index (χ1n) is 9.43. The van der Waals surface area contributed by atoms with E-state index < -0.39 is 0 Å². The smallest absolute Gasteiger partial charge is 0.221 e. The van der Waals surface area contributed by atoms with Crippen molar-refractivity contribution in [2.75, 3.05) is 34.3 Å². The third-order valence-electron chi connectivity index (χ3n) is 3.75. The highest BCUT2D eigenvalue weighted by Crippen LogP contribution is 2.12. The maximum atomic E-state index is 10.5. The van der Waals surface area contributed by atoms with Gasteiger partial charge in [0, 0.05) is 6.42 Å². The number of hydrogen-bond acceptors (Lipinski definition) is 2. The lowest BCUT2D eigenvalue weighted by molar-refractivity contribution is -0.870. The molecule has 0 bridgehead atoms. The van der Waals surface area contributed by atoms with Crippen LogP contribution in [0, 0.1) is 0 Å². The number of hydrogen-bond donors (Lipinski definition) is 1. The van der Waals surface area contributed by atoms with Crippen LogP contribution in [0.3, 0.4) is 0 Å². The van der Waals surface area contributed by atoms with Crippen molar-refractivity contribution < 1.29 is 14.4 Å². The van der Waals surface area contributed by atoms with Gasteiger partial charge >= 0.3 is 0 Å². The molecule has 3 nitrogen and oxygen atoms in total. The second kappa shape index (κ2) is 18.2. The van der Waals surface area contributed by atoms with Gasteiger partial charge in [-0.15, -0.1) is 0 Å². The lowest BCUT2D eigenvalue weighted by Crippen LogP contribution is -2.36. The maximum Gasteiger partial charge on any atom is 0.221 e. The Kier molecular flexibility index (Phi) is 19.9. The fraction of sp³-hybridized carbons (Fsp3) is 0.947. The van der Waals surface area contributed by atoms with E-state index in [0.717, 1.165) is 23.9 Å². The summed E-state index contributed by atoms with van der Waals surface area (Å²) in [7, 11) is 6.16. The first-order valence-corrected chi connectivity index (χ1v) is 9.81. The van der Waals surface area contributed by atoms with Crippen molar-refractivity contribution >= 4 is 16.8 Å². The number of carbonyl (C=O) groups excluding carboxylic acids is 1. The maximum absolute atomic E-state index is 10.5. The van der Waals surface area contributed by atoms with Gasteiger partial charge in [-0.05, 0) is 18.0 Å². The van der Waals surface area contributed by atoms with Crippen molar-refractivity contribution in [1.82, 2.24) is 0 Å². The molecule has 0 amide bonds. The summed E-state index contributed by atoms with van der Waals surface area (Å²) in [6.45, 7) is 3.37. The summed E-state index contributed by atoms with van der Waals surface area (Å²) in [6.07, 6.45) is 15.0. The van der Waals surface area contributed by atoms with Gasteiger partial charge in [-0.2, -0.15) is 0 Å². The minimum atomic E-state index is -0.184. The number of rotatable bonds is 14. The van der Waals surface area contributed by atoms with E-state index in [9.17, 15) is 4.79 Å². The molecule has 4 heteroatoms. The molecule has 0 unspecified atom stereocenters. The molecule has 0 saturated heterocycles. The van der Waals surface area contributed by atoms with Gasteiger partial charge in [-0.25, -0.2) is 0 Å². The highest BCUT2D eigenvalue weighted by atomic mass is 35.5. The van der Waals surface area contributed by atoms with Gasteiger partial charge in [0.25, 0.3) is 0 Å². The van der Waals surface area contributed by atoms with Crippen molar-refractivity contribution in [3.63, 3.8) is 0 Å². The zero-order valence-corrected chi connectivity index (χ0v) is 16.8. The van der Waals surface area contributed by atoms with Crippen LogP contribution in [0.5, 0.6) is 0 Å². The van der Waals surface area contributed by atoms with Crippen LogP contribution in [0.1, 0.15) is 84.0 Å². The Morgan fingerprint density at radius 2 is 1.22 bits per heavy atom. The number of carbonyl (C=O) groups is 1. The zero-order chi connectivity index (χ0) is 18.0. The molecular weight excluding hydrogens is 310 g/mol. The molecule has 0 radical (unpaired) electrons. The molecular formula is C19H41ClNO2+. The molecule has 0 rings (SSSR count). The Bertz CT molecular complexity index is 252. The number of aliphatic hydroxyl groups is 1. The summed E-state index contributed by atoms with van der Waals surface area (Å²) in [5.74, 6) is 0. The van der Waals surface area contributed by atoms with Gasteiger partial charge in [0.05, 0.1) is 27.7 Å². The SMILES string of the molecule is CCCCCCCCCCCCCC(=O)Cl.C[N+](C)(C)CCO. The van der Waals surface area contributed by atoms with Gasteiger partial charge in [-0.3, -0.25) is 4.79 Å². The second-order valence-corrected chi connectivity index (χ2v) is 7.80. The predicted molar refractivity (Wildman–Crippen MR) is 102 cm³/mol. The lowest BCUT2D eigenvalue weighted by atomic mass is 10.1. The highest BCUT2D eigenvalue weighted by molar-refractivity contribution is 6.63. The molecule has 1 N–H and O–H groups in total. The van der Waals surface area contributed by atoms with E-state index in [-0.39, 0.29) is 11.8 Å². The lowest BCUT2D eigenvalue weighted by Gasteiger charge is -2.21. The summed E-state index contributed by atoms with van der Waals surface area (Å²) < 4.78 is 0.844. The summed E-state index contributed by atoms with van der Waals surface area (Å²) in [4.78, 5) is 10.5. The Balaban J connectivity index is 0. The molecule has 0 atom stereocenters. The molecule has 0 aliphatic carbocycles. The van der Waals surface area contributed by atoms with E-state index in [2.05, 4.69) is 28.1 Å². The molecule has 0 fully saturated rings. The molecule has 0 spiro atoms. The Labute approximate surface area is 150 Å². The molecule has 0 aliphatic rings. The molecule has 0 saturated carbocycles. The number of likely N-dealkylation sites (N-methyl/N-ethyl adjacent to an activating group) is 1. The first kappa shape index (κ1) is 25.1. The van der Waals surface area contributed by atoms with Crippen LogP contribution in [-0.2, 0) is 4.79 Å². The number of aliphatic hydroxyl groups excluding tert-OH is 1. The molecule has 0 aromatic carbocycles. The standard InChI is InChI=1S/C14H27ClO.C5H14NO/c1-2-3-4-5-6-7-8-9-10-11-12-13-14(15)16;1-6(2,3)4-5-7/h2-13H2,1H3;7H,4-5H2,1-3H3/q;+1. The third kappa shape index (κ3) is 30.3.